The maximum absolute atomic E-state index is 12.7. The first-order chi connectivity index (χ1) is 13.7. The zero-order valence-electron chi connectivity index (χ0n) is 16.8. The van der Waals surface area contributed by atoms with Gasteiger partial charge in [0.2, 0.25) is 0 Å². The summed E-state index contributed by atoms with van der Waals surface area (Å²) in [7, 11) is -3.07. The maximum Gasteiger partial charge on any atom is 0.252 e. The third-order valence-electron chi connectivity index (χ3n) is 5.49. The Balaban J connectivity index is 1.66. The minimum atomic E-state index is -3.07. The molecule has 2 aliphatic rings. The van der Waals surface area contributed by atoms with Crippen molar-refractivity contribution in [3.05, 3.63) is 64.7 Å². The highest BCUT2D eigenvalue weighted by molar-refractivity contribution is 8.16. The molecule has 0 saturated carbocycles. The van der Waals surface area contributed by atoms with Gasteiger partial charge in [-0.3, -0.25) is 4.79 Å². The van der Waals surface area contributed by atoms with Gasteiger partial charge in [0.25, 0.3) is 5.91 Å². The number of amides is 1. The third-order valence-corrected chi connectivity index (χ3v) is 8.70. The van der Waals surface area contributed by atoms with Gasteiger partial charge in [0.1, 0.15) is 0 Å². The molecule has 4 rings (SSSR count). The Morgan fingerprint density at radius 1 is 1.10 bits per heavy atom. The van der Waals surface area contributed by atoms with E-state index in [1.165, 1.54) is 17.3 Å². The minimum absolute atomic E-state index is 0.0906. The van der Waals surface area contributed by atoms with Gasteiger partial charge in [0, 0.05) is 10.9 Å². The van der Waals surface area contributed by atoms with Gasteiger partial charge >= 0.3 is 0 Å². The number of rotatable bonds is 3. The molecule has 7 heteroatoms. The zero-order valence-corrected chi connectivity index (χ0v) is 18.4. The van der Waals surface area contributed by atoms with Crippen molar-refractivity contribution in [3.63, 3.8) is 0 Å². The van der Waals surface area contributed by atoms with Gasteiger partial charge in [-0.15, -0.1) is 0 Å². The molecule has 2 fully saturated rings. The van der Waals surface area contributed by atoms with Gasteiger partial charge in [-0.25, -0.2) is 8.42 Å². The molecule has 2 saturated heterocycles. The van der Waals surface area contributed by atoms with E-state index in [9.17, 15) is 13.2 Å². The normalized spacial score (nSPS) is 24.1. The van der Waals surface area contributed by atoms with Crippen molar-refractivity contribution in [2.45, 2.75) is 38.5 Å². The molecule has 0 aliphatic carbocycles. The number of hydrogen-bond acceptors (Lipinski definition) is 4. The second kappa shape index (κ2) is 7.61. The summed E-state index contributed by atoms with van der Waals surface area (Å²) in [6.07, 6.45) is 0.236. The van der Waals surface area contributed by atoms with Gasteiger partial charge in [0.05, 0.1) is 24.0 Å². The molecule has 5 nitrogen and oxygen atoms in total. The molecular formula is C22H24N2O3S2. The van der Waals surface area contributed by atoms with Crippen LogP contribution in [-0.2, 0) is 21.1 Å². The summed E-state index contributed by atoms with van der Waals surface area (Å²) in [5.41, 5.74) is 5.23. The van der Waals surface area contributed by atoms with Crippen LogP contribution < -0.4 is 4.90 Å². The highest BCUT2D eigenvalue weighted by atomic mass is 32.2. The zero-order chi connectivity index (χ0) is 20.8. The molecule has 2 heterocycles. The van der Waals surface area contributed by atoms with Crippen LogP contribution in [0.25, 0.3) is 0 Å². The van der Waals surface area contributed by atoms with E-state index in [1.54, 1.807) is 0 Å². The monoisotopic (exact) mass is 428 g/mol. The average Bonchev–Trinajstić information content (AvgIpc) is 3.08. The topological polar surface area (TPSA) is 66.8 Å². The molecule has 2 atom stereocenters. The molecule has 0 radical (unpaired) electrons. The number of amidine groups is 1. The van der Waals surface area contributed by atoms with Crippen molar-refractivity contribution < 1.29 is 13.2 Å². The predicted molar refractivity (Wildman–Crippen MR) is 120 cm³/mol. The second-order valence-corrected chi connectivity index (χ2v) is 11.3. The Hall–Kier alpha value is -2.12. The highest BCUT2D eigenvalue weighted by Gasteiger charge is 2.49. The fraction of sp³-hybridized carbons (Fsp3) is 0.364. The van der Waals surface area contributed by atoms with Gasteiger partial charge < -0.3 is 4.90 Å². The van der Waals surface area contributed by atoms with E-state index in [1.807, 2.05) is 68.1 Å². The van der Waals surface area contributed by atoms with Crippen LogP contribution in [0.1, 0.15) is 22.3 Å². The van der Waals surface area contributed by atoms with Gasteiger partial charge in [-0.2, -0.15) is 4.99 Å². The average molecular weight is 429 g/mol. The lowest BCUT2D eigenvalue weighted by Gasteiger charge is -2.25. The van der Waals surface area contributed by atoms with Crippen molar-refractivity contribution >= 4 is 38.4 Å². The van der Waals surface area contributed by atoms with E-state index >= 15 is 0 Å². The molecule has 0 bridgehead atoms. The molecule has 152 valence electrons. The van der Waals surface area contributed by atoms with Gasteiger partial charge in [0.15, 0.2) is 15.0 Å². The van der Waals surface area contributed by atoms with E-state index in [0.717, 1.165) is 22.4 Å². The molecule has 2 aliphatic heterocycles. The smallest absolute Gasteiger partial charge is 0.252 e. The number of thioether (sulfide) groups is 1. The molecule has 1 amide bonds. The third kappa shape index (κ3) is 4.26. The summed E-state index contributed by atoms with van der Waals surface area (Å²) in [5, 5.41) is 0.517. The first-order valence-corrected chi connectivity index (χ1v) is 12.3. The SMILES string of the molecule is Cc1cccc(CC(=O)N=C2SC3CS(=O)(=O)CC3N2c2ccc(C)c(C)c2)c1. The number of sulfone groups is 1. The van der Waals surface area contributed by atoms with E-state index in [4.69, 9.17) is 0 Å². The number of anilines is 1. The van der Waals surface area contributed by atoms with Crippen LogP contribution in [0.3, 0.4) is 0 Å². The summed E-state index contributed by atoms with van der Waals surface area (Å²) in [6, 6.07) is 13.7. The van der Waals surface area contributed by atoms with E-state index in [0.29, 0.717) is 5.17 Å². The van der Waals surface area contributed by atoms with Crippen LogP contribution in [0.2, 0.25) is 0 Å². The second-order valence-electron chi connectivity index (χ2n) is 7.89. The molecule has 0 spiro atoms. The minimum Gasteiger partial charge on any atom is -0.316 e. The molecule has 0 aromatic heterocycles. The largest absolute Gasteiger partial charge is 0.316 e. The summed E-state index contributed by atoms with van der Waals surface area (Å²) in [4.78, 5) is 19.1. The molecule has 2 unspecified atom stereocenters. The first kappa shape index (κ1) is 20.2. The van der Waals surface area contributed by atoms with Gasteiger partial charge in [-0.1, -0.05) is 47.7 Å². The number of nitrogens with zero attached hydrogens (tertiary/aromatic N) is 2. The Bertz CT molecular complexity index is 1110. The van der Waals surface area contributed by atoms with Crippen LogP contribution in [0.15, 0.2) is 47.5 Å². The predicted octanol–water partition coefficient (Wildman–Crippen LogP) is 3.46. The lowest BCUT2D eigenvalue weighted by molar-refractivity contribution is -0.117. The van der Waals surface area contributed by atoms with E-state index in [-0.39, 0.29) is 35.1 Å². The molecule has 0 N–H and O–H groups in total. The fourth-order valence-electron chi connectivity index (χ4n) is 3.88. The fourth-order valence-corrected chi connectivity index (χ4v) is 7.82. The Morgan fingerprint density at radius 3 is 2.62 bits per heavy atom. The molecule has 2 aromatic carbocycles. The van der Waals surface area contributed by atoms with E-state index in [2.05, 4.69) is 4.99 Å². The molecule has 2 aromatic rings. The summed E-state index contributed by atoms with van der Waals surface area (Å²) in [5.74, 6) is 0.0204. The Kier molecular flexibility index (Phi) is 5.29. The van der Waals surface area contributed by atoms with Crippen LogP contribution in [-0.4, -0.2) is 42.3 Å². The van der Waals surface area contributed by atoms with Crippen molar-refractivity contribution in [3.8, 4) is 0 Å². The van der Waals surface area contributed by atoms with Crippen LogP contribution in [0, 0.1) is 20.8 Å². The number of benzene rings is 2. The standard InChI is InChI=1S/C22H24N2O3S2/c1-14-5-4-6-17(9-14)11-21(25)23-22-24(18-8-7-15(2)16(3)10-18)19-12-29(26,27)13-20(19)28-22/h4-10,19-20H,11-13H2,1-3H3. The van der Waals surface area contributed by atoms with Crippen LogP contribution >= 0.6 is 11.8 Å². The Morgan fingerprint density at radius 2 is 1.90 bits per heavy atom. The van der Waals surface area contributed by atoms with E-state index < -0.39 is 9.84 Å². The van der Waals surface area contributed by atoms with Crippen molar-refractivity contribution in [2.24, 2.45) is 4.99 Å². The van der Waals surface area contributed by atoms with Gasteiger partial charge in [-0.05, 0) is 49.6 Å². The lowest BCUT2D eigenvalue weighted by Crippen LogP contribution is -2.37. The maximum atomic E-state index is 12.7. The van der Waals surface area contributed by atoms with Crippen LogP contribution in [0.4, 0.5) is 5.69 Å². The Labute approximate surface area is 176 Å². The highest BCUT2D eigenvalue weighted by Crippen LogP contribution is 2.41. The summed E-state index contributed by atoms with van der Waals surface area (Å²) >= 11 is 1.41. The van der Waals surface area contributed by atoms with Crippen LogP contribution in [0.5, 0.6) is 0 Å². The molecule has 29 heavy (non-hydrogen) atoms. The quantitative estimate of drug-likeness (QED) is 0.749. The summed E-state index contributed by atoms with van der Waals surface area (Å²) in [6.45, 7) is 6.07. The number of carbonyl (C=O) groups excluding carboxylic acids is 1. The van der Waals surface area contributed by atoms with Crippen molar-refractivity contribution in [2.75, 3.05) is 16.4 Å². The first-order valence-electron chi connectivity index (χ1n) is 9.62. The number of fused-ring (bicyclic) bond motifs is 1. The lowest BCUT2D eigenvalue weighted by atomic mass is 10.1. The number of carbonyl (C=O) groups is 1. The molecular weight excluding hydrogens is 404 g/mol. The van der Waals surface area contributed by atoms with Crippen molar-refractivity contribution in [1.29, 1.82) is 0 Å². The number of aryl methyl sites for hydroxylation is 3. The number of aliphatic imine (C=N–C) groups is 1. The summed E-state index contributed by atoms with van der Waals surface area (Å²) < 4.78 is 24.4. The number of hydrogen-bond donors (Lipinski definition) is 0. The van der Waals surface area contributed by atoms with Crippen molar-refractivity contribution in [1.82, 2.24) is 0 Å².